The highest BCUT2D eigenvalue weighted by molar-refractivity contribution is 9.10. The molecule has 1 aliphatic carbocycles. The number of carbonyl (C=O) groups is 1. The average Bonchev–Trinajstić information content (AvgIpc) is 2.55. The van der Waals surface area contributed by atoms with Crippen molar-refractivity contribution in [2.45, 2.75) is 37.1 Å². The summed E-state index contributed by atoms with van der Waals surface area (Å²) in [5.41, 5.74) is 7.73. The lowest BCUT2D eigenvalue weighted by Gasteiger charge is -2.34. The summed E-state index contributed by atoms with van der Waals surface area (Å²) >= 11 is 3.44. The summed E-state index contributed by atoms with van der Waals surface area (Å²) in [6.07, 6.45) is 3.61. The number of nitrogens with two attached hydrogens (primary N) is 1. The van der Waals surface area contributed by atoms with Gasteiger partial charge in [-0.1, -0.05) is 22.0 Å². The number of amides is 1. The molecule has 3 N–H and O–H groups in total. The molecule has 0 bridgehead atoms. The van der Waals surface area contributed by atoms with E-state index in [0.29, 0.717) is 0 Å². The van der Waals surface area contributed by atoms with Crippen molar-refractivity contribution in [2.75, 3.05) is 5.32 Å². The first kappa shape index (κ1) is 11.2. The maximum absolute atomic E-state index is 12.3. The molecule has 1 amide bonds. The molecule has 0 unspecified atom stereocenters. The molecule has 3 rings (SSSR count). The topological polar surface area (TPSA) is 55.1 Å². The van der Waals surface area contributed by atoms with E-state index < -0.39 is 0 Å². The molecule has 1 fully saturated rings. The highest BCUT2D eigenvalue weighted by atomic mass is 79.9. The number of carbonyl (C=O) groups excluding carboxylic acids is 1. The van der Waals surface area contributed by atoms with Crippen LogP contribution in [0.25, 0.3) is 0 Å². The monoisotopic (exact) mass is 294 g/mol. The second-order valence-electron chi connectivity index (χ2n) is 5.06. The first-order chi connectivity index (χ1) is 8.12. The molecule has 90 valence electrons. The van der Waals surface area contributed by atoms with Gasteiger partial charge in [-0.3, -0.25) is 4.79 Å². The Morgan fingerprint density at radius 2 is 2.06 bits per heavy atom. The smallest absolute Gasteiger partial charge is 0.235 e. The minimum Gasteiger partial charge on any atom is -0.328 e. The Kier molecular flexibility index (Phi) is 2.52. The maximum Gasteiger partial charge on any atom is 0.235 e. The normalized spacial score (nSPS) is 31.4. The Balaban J connectivity index is 2.05. The minimum atomic E-state index is -0.314. The summed E-state index contributed by atoms with van der Waals surface area (Å²) in [6.45, 7) is 0. The molecular weight excluding hydrogens is 280 g/mol. The Hall–Kier alpha value is -0.870. The number of benzene rings is 1. The number of rotatable bonds is 0. The number of halogens is 1. The molecular formula is C13H15BrN2O. The zero-order valence-corrected chi connectivity index (χ0v) is 11.1. The van der Waals surface area contributed by atoms with Crippen LogP contribution in [0.2, 0.25) is 0 Å². The fourth-order valence-electron chi connectivity index (χ4n) is 3.03. The second kappa shape index (κ2) is 3.82. The lowest BCUT2D eigenvalue weighted by atomic mass is 9.69. The number of hydrogen-bond donors (Lipinski definition) is 2. The van der Waals surface area contributed by atoms with Gasteiger partial charge in [-0.2, -0.15) is 0 Å². The zero-order chi connectivity index (χ0) is 12.0. The first-order valence-corrected chi connectivity index (χ1v) is 6.78. The average molecular weight is 295 g/mol. The van der Waals surface area contributed by atoms with E-state index in [-0.39, 0.29) is 17.4 Å². The Morgan fingerprint density at radius 1 is 1.35 bits per heavy atom. The molecule has 1 aromatic carbocycles. The van der Waals surface area contributed by atoms with Gasteiger partial charge >= 0.3 is 0 Å². The second-order valence-corrected chi connectivity index (χ2v) is 5.98. The van der Waals surface area contributed by atoms with Gasteiger partial charge < -0.3 is 11.1 Å². The first-order valence-electron chi connectivity index (χ1n) is 5.99. The Labute approximate surface area is 109 Å². The van der Waals surface area contributed by atoms with E-state index in [9.17, 15) is 4.79 Å². The molecule has 1 aromatic rings. The van der Waals surface area contributed by atoms with Gasteiger partial charge in [0, 0.05) is 16.2 Å². The summed E-state index contributed by atoms with van der Waals surface area (Å²) in [6, 6.07) is 6.31. The van der Waals surface area contributed by atoms with Crippen molar-refractivity contribution in [2.24, 2.45) is 5.73 Å². The molecule has 3 nitrogen and oxygen atoms in total. The molecule has 1 spiro atoms. The van der Waals surface area contributed by atoms with E-state index in [0.717, 1.165) is 41.4 Å². The molecule has 1 heterocycles. The molecule has 1 saturated carbocycles. The third-order valence-corrected chi connectivity index (χ3v) is 4.56. The van der Waals surface area contributed by atoms with Crippen LogP contribution in [-0.4, -0.2) is 11.9 Å². The van der Waals surface area contributed by atoms with E-state index in [2.05, 4.69) is 27.3 Å². The van der Waals surface area contributed by atoms with Crippen molar-refractivity contribution in [3.05, 3.63) is 28.2 Å². The lowest BCUT2D eigenvalue weighted by molar-refractivity contribution is -0.122. The fraction of sp³-hybridized carbons (Fsp3) is 0.462. The summed E-state index contributed by atoms with van der Waals surface area (Å²) in [5, 5.41) is 3.00. The van der Waals surface area contributed by atoms with Crippen LogP contribution in [0.3, 0.4) is 0 Å². The summed E-state index contributed by atoms with van der Waals surface area (Å²) in [7, 11) is 0. The highest BCUT2D eigenvalue weighted by Crippen LogP contribution is 2.47. The van der Waals surface area contributed by atoms with Crippen LogP contribution in [0, 0.1) is 0 Å². The van der Waals surface area contributed by atoms with E-state index in [1.54, 1.807) is 0 Å². The van der Waals surface area contributed by atoms with Gasteiger partial charge in [-0.25, -0.2) is 0 Å². The molecule has 0 saturated heterocycles. The van der Waals surface area contributed by atoms with Crippen LogP contribution in [0.5, 0.6) is 0 Å². The van der Waals surface area contributed by atoms with E-state index in [1.165, 1.54) is 0 Å². The fourth-order valence-corrected chi connectivity index (χ4v) is 3.39. The largest absolute Gasteiger partial charge is 0.328 e. The molecule has 0 aromatic heterocycles. The van der Waals surface area contributed by atoms with Gasteiger partial charge in [0.05, 0.1) is 5.41 Å². The number of anilines is 1. The number of hydrogen-bond acceptors (Lipinski definition) is 2. The highest BCUT2D eigenvalue weighted by Gasteiger charge is 2.48. The van der Waals surface area contributed by atoms with Crippen LogP contribution in [0.4, 0.5) is 5.69 Å². The molecule has 0 radical (unpaired) electrons. The van der Waals surface area contributed by atoms with Crippen LogP contribution in [-0.2, 0) is 10.2 Å². The van der Waals surface area contributed by atoms with Crippen molar-refractivity contribution in [1.29, 1.82) is 0 Å². The maximum atomic E-state index is 12.3. The van der Waals surface area contributed by atoms with Gasteiger partial charge in [0.25, 0.3) is 0 Å². The standard InChI is InChI=1S/C13H15BrN2O/c14-8-1-2-10-11(7-8)16-12(17)13(10)5-3-9(15)4-6-13/h1-2,7,9H,3-6,15H2,(H,16,17). The van der Waals surface area contributed by atoms with Gasteiger partial charge in [-0.05, 0) is 43.4 Å². The summed E-state index contributed by atoms with van der Waals surface area (Å²) < 4.78 is 1.00. The van der Waals surface area contributed by atoms with Crippen LogP contribution in [0.15, 0.2) is 22.7 Å². The van der Waals surface area contributed by atoms with Crippen LogP contribution < -0.4 is 11.1 Å². The predicted octanol–water partition coefficient (Wildman–Crippen LogP) is 2.54. The van der Waals surface area contributed by atoms with Gasteiger partial charge in [0.1, 0.15) is 0 Å². The number of nitrogens with one attached hydrogen (secondary N) is 1. The summed E-state index contributed by atoms with van der Waals surface area (Å²) in [4.78, 5) is 12.3. The molecule has 17 heavy (non-hydrogen) atoms. The number of fused-ring (bicyclic) bond motifs is 2. The lowest BCUT2D eigenvalue weighted by Crippen LogP contribution is -2.41. The van der Waals surface area contributed by atoms with Gasteiger partial charge in [-0.15, -0.1) is 0 Å². The SMILES string of the molecule is NC1CCC2(CC1)C(=O)Nc1cc(Br)ccc12. The Morgan fingerprint density at radius 3 is 2.76 bits per heavy atom. The third kappa shape index (κ3) is 1.62. The Bertz CT molecular complexity index is 478. The van der Waals surface area contributed by atoms with Crippen molar-refractivity contribution >= 4 is 27.5 Å². The van der Waals surface area contributed by atoms with E-state index in [1.807, 2.05) is 12.1 Å². The molecule has 4 heteroatoms. The van der Waals surface area contributed by atoms with Gasteiger partial charge in [0.15, 0.2) is 0 Å². The van der Waals surface area contributed by atoms with Crippen molar-refractivity contribution < 1.29 is 4.79 Å². The van der Waals surface area contributed by atoms with Gasteiger partial charge in [0.2, 0.25) is 5.91 Å². The van der Waals surface area contributed by atoms with E-state index in [4.69, 9.17) is 5.73 Å². The quantitative estimate of drug-likeness (QED) is 0.773. The van der Waals surface area contributed by atoms with E-state index >= 15 is 0 Å². The molecule has 1 aliphatic heterocycles. The zero-order valence-electron chi connectivity index (χ0n) is 9.50. The molecule has 0 atom stereocenters. The van der Waals surface area contributed by atoms with Crippen molar-refractivity contribution in [1.82, 2.24) is 0 Å². The van der Waals surface area contributed by atoms with Crippen molar-refractivity contribution in [3.8, 4) is 0 Å². The predicted molar refractivity (Wildman–Crippen MR) is 70.9 cm³/mol. The van der Waals surface area contributed by atoms with Crippen LogP contribution >= 0.6 is 15.9 Å². The molecule has 2 aliphatic rings. The minimum absolute atomic E-state index is 0.150. The van der Waals surface area contributed by atoms with Crippen LogP contribution in [0.1, 0.15) is 31.2 Å². The summed E-state index contributed by atoms with van der Waals surface area (Å²) in [5.74, 6) is 0.150. The third-order valence-electron chi connectivity index (χ3n) is 4.06. The van der Waals surface area contributed by atoms with Crippen molar-refractivity contribution in [3.63, 3.8) is 0 Å².